The fourth-order valence-electron chi connectivity index (χ4n) is 3.18. The van der Waals surface area contributed by atoms with Gasteiger partial charge >= 0.3 is 0 Å². The van der Waals surface area contributed by atoms with Crippen LogP contribution >= 0.6 is 35.4 Å². The molecule has 0 atom stereocenters. The van der Waals surface area contributed by atoms with Crippen LogP contribution in [0.4, 0.5) is 5.69 Å². The average molecular weight is 471 g/mol. The Hall–Kier alpha value is -2.93. The Morgan fingerprint density at radius 1 is 1.06 bits per heavy atom. The molecule has 0 aliphatic carbocycles. The van der Waals surface area contributed by atoms with Gasteiger partial charge in [-0.3, -0.25) is 19.8 Å². The topological polar surface area (TPSA) is 62.6 Å². The van der Waals surface area contributed by atoms with Crippen molar-refractivity contribution in [1.82, 2.24) is 5.32 Å². The maximum Gasteiger partial charge on any atom is 0.270 e. The van der Waals surface area contributed by atoms with E-state index in [1.165, 1.54) is 11.0 Å². The van der Waals surface area contributed by atoms with Crippen molar-refractivity contribution in [3.8, 4) is 11.3 Å². The van der Waals surface area contributed by atoms with Crippen molar-refractivity contribution in [2.24, 2.45) is 0 Å². The molecule has 2 aromatic carbocycles. The number of furan rings is 1. The van der Waals surface area contributed by atoms with Crippen molar-refractivity contribution in [2.75, 3.05) is 4.90 Å². The molecule has 0 unspecified atom stereocenters. The van der Waals surface area contributed by atoms with Gasteiger partial charge in [0.2, 0.25) is 0 Å². The molecule has 4 rings (SSSR count). The van der Waals surface area contributed by atoms with Crippen molar-refractivity contribution in [3.05, 3.63) is 81.5 Å². The van der Waals surface area contributed by atoms with E-state index < -0.39 is 11.8 Å². The van der Waals surface area contributed by atoms with Crippen LogP contribution in [0.2, 0.25) is 10.0 Å². The predicted molar refractivity (Wildman–Crippen MR) is 126 cm³/mol. The molecule has 5 nitrogen and oxygen atoms in total. The lowest BCUT2D eigenvalue weighted by atomic mass is 10.1. The number of halogens is 2. The number of rotatable bonds is 4. The highest BCUT2D eigenvalue weighted by atomic mass is 35.5. The quantitative estimate of drug-likeness (QED) is 0.304. The van der Waals surface area contributed by atoms with Gasteiger partial charge in [-0.15, -0.1) is 0 Å². The van der Waals surface area contributed by atoms with E-state index in [1.807, 2.05) is 19.1 Å². The minimum atomic E-state index is -0.584. The number of anilines is 1. The van der Waals surface area contributed by atoms with Crippen LogP contribution in [0.3, 0.4) is 0 Å². The number of benzene rings is 2. The smallest absolute Gasteiger partial charge is 0.270 e. The van der Waals surface area contributed by atoms with Crippen molar-refractivity contribution >= 4 is 64.1 Å². The Kier molecular flexibility index (Phi) is 5.96. The summed E-state index contributed by atoms with van der Waals surface area (Å²) in [6, 6.07) is 15.8. The first-order valence-corrected chi connectivity index (χ1v) is 10.6. The minimum absolute atomic E-state index is 0.0319. The third-order valence-electron chi connectivity index (χ3n) is 4.81. The highest BCUT2D eigenvalue weighted by Gasteiger charge is 2.34. The Labute approximate surface area is 194 Å². The number of carbonyl (C=O) groups excluding carboxylic acids is 2. The van der Waals surface area contributed by atoms with Crippen molar-refractivity contribution in [1.29, 1.82) is 0 Å². The number of thiocarbonyl (C=S) groups is 1. The number of aryl methyl sites for hydroxylation is 1. The van der Waals surface area contributed by atoms with Crippen LogP contribution in [0.15, 0.2) is 64.6 Å². The molecule has 1 saturated heterocycles. The lowest BCUT2D eigenvalue weighted by Crippen LogP contribution is -2.54. The van der Waals surface area contributed by atoms with E-state index in [4.69, 9.17) is 39.8 Å². The Morgan fingerprint density at radius 3 is 2.48 bits per heavy atom. The highest BCUT2D eigenvalue weighted by Crippen LogP contribution is 2.32. The summed E-state index contributed by atoms with van der Waals surface area (Å²) in [4.78, 5) is 26.9. The number of hydrogen-bond acceptors (Lipinski definition) is 4. The van der Waals surface area contributed by atoms with Gasteiger partial charge in [0.1, 0.15) is 17.1 Å². The molecule has 3 aromatic rings. The van der Waals surface area contributed by atoms with E-state index in [0.29, 0.717) is 32.8 Å². The zero-order valence-corrected chi connectivity index (χ0v) is 18.6. The van der Waals surface area contributed by atoms with E-state index in [1.54, 1.807) is 42.5 Å². The first-order valence-electron chi connectivity index (χ1n) is 9.43. The van der Waals surface area contributed by atoms with Crippen LogP contribution in [0.5, 0.6) is 0 Å². The first-order chi connectivity index (χ1) is 14.9. The lowest BCUT2D eigenvalue weighted by molar-refractivity contribution is -0.122. The average Bonchev–Trinajstić information content (AvgIpc) is 3.20. The van der Waals surface area contributed by atoms with Crippen LogP contribution in [0.1, 0.15) is 18.2 Å². The van der Waals surface area contributed by atoms with Gasteiger partial charge in [0.15, 0.2) is 5.11 Å². The molecule has 1 aromatic heterocycles. The summed E-state index contributed by atoms with van der Waals surface area (Å²) in [7, 11) is 0. The summed E-state index contributed by atoms with van der Waals surface area (Å²) < 4.78 is 5.80. The molecule has 0 radical (unpaired) electrons. The molecule has 31 heavy (non-hydrogen) atoms. The standard InChI is InChI=1S/C23H16Cl2N2O3S/c1-2-13-3-6-15(7-4-13)27-22(29)18(21(28)26-23(27)31)12-16-8-10-20(30-16)17-9-5-14(24)11-19(17)25/h3-12H,2H2,1H3,(H,26,28,31). The summed E-state index contributed by atoms with van der Waals surface area (Å²) >= 11 is 17.4. The largest absolute Gasteiger partial charge is 0.457 e. The van der Waals surface area contributed by atoms with E-state index >= 15 is 0 Å². The molecule has 156 valence electrons. The van der Waals surface area contributed by atoms with E-state index in [2.05, 4.69) is 5.32 Å². The number of nitrogens with zero attached hydrogens (tertiary/aromatic N) is 1. The van der Waals surface area contributed by atoms with Crippen LogP contribution in [0.25, 0.3) is 17.4 Å². The molecule has 1 aliphatic rings. The van der Waals surface area contributed by atoms with Gasteiger partial charge in [0, 0.05) is 10.6 Å². The van der Waals surface area contributed by atoms with Gasteiger partial charge in [-0.05, 0) is 72.7 Å². The maximum absolute atomic E-state index is 13.1. The summed E-state index contributed by atoms with van der Waals surface area (Å²) in [6.45, 7) is 2.04. The predicted octanol–water partition coefficient (Wildman–Crippen LogP) is 5.65. The molecular formula is C23H16Cl2N2O3S. The number of carbonyl (C=O) groups is 2. The minimum Gasteiger partial charge on any atom is -0.457 e. The van der Waals surface area contributed by atoms with Gasteiger partial charge in [0.05, 0.1) is 10.7 Å². The maximum atomic E-state index is 13.1. The fourth-order valence-corrected chi connectivity index (χ4v) is 3.96. The molecule has 0 saturated carbocycles. The Bertz CT molecular complexity index is 1230. The summed E-state index contributed by atoms with van der Waals surface area (Å²) in [6.07, 6.45) is 2.26. The second kappa shape index (κ2) is 8.67. The van der Waals surface area contributed by atoms with Crippen molar-refractivity contribution in [2.45, 2.75) is 13.3 Å². The van der Waals surface area contributed by atoms with Crippen molar-refractivity contribution < 1.29 is 14.0 Å². The van der Waals surface area contributed by atoms with Gasteiger partial charge in [0.25, 0.3) is 11.8 Å². The second-order valence-electron chi connectivity index (χ2n) is 6.80. The Balaban J connectivity index is 1.66. The number of amides is 2. The third kappa shape index (κ3) is 4.28. The first kappa shape index (κ1) is 21.3. The van der Waals surface area contributed by atoms with E-state index in [0.717, 1.165) is 12.0 Å². The SMILES string of the molecule is CCc1ccc(N2C(=O)C(=Cc3ccc(-c4ccc(Cl)cc4Cl)o3)C(=O)NC2=S)cc1. The number of nitrogens with one attached hydrogen (secondary N) is 1. The van der Waals surface area contributed by atoms with Crippen LogP contribution in [-0.2, 0) is 16.0 Å². The second-order valence-corrected chi connectivity index (χ2v) is 8.03. The molecule has 1 aliphatic heterocycles. The van der Waals surface area contributed by atoms with Crippen LogP contribution < -0.4 is 10.2 Å². The number of hydrogen-bond donors (Lipinski definition) is 1. The molecule has 8 heteroatoms. The molecule has 1 fully saturated rings. The summed E-state index contributed by atoms with van der Waals surface area (Å²) in [5.41, 5.74) is 2.26. The normalized spacial score (nSPS) is 15.5. The van der Waals surface area contributed by atoms with Gasteiger partial charge < -0.3 is 4.42 Å². The Morgan fingerprint density at radius 2 is 1.81 bits per heavy atom. The highest BCUT2D eigenvalue weighted by molar-refractivity contribution is 7.80. The zero-order chi connectivity index (χ0) is 22.1. The molecule has 2 heterocycles. The van der Waals surface area contributed by atoms with Crippen LogP contribution in [-0.4, -0.2) is 16.9 Å². The summed E-state index contributed by atoms with van der Waals surface area (Å²) in [5.74, 6) is -0.298. The van der Waals surface area contributed by atoms with E-state index in [-0.39, 0.29) is 10.7 Å². The monoisotopic (exact) mass is 470 g/mol. The van der Waals surface area contributed by atoms with Gasteiger partial charge in [-0.25, -0.2) is 0 Å². The lowest BCUT2D eigenvalue weighted by Gasteiger charge is -2.28. The van der Waals surface area contributed by atoms with Crippen molar-refractivity contribution in [3.63, 3.8) is 0 Å². The third-order valence-corrected chi connectivity index (χ3v) is 5.65. The molecule has 1 N–H and O–H groups in total. The summed E-state index contributed by atoms with van der Waals surface area (Å²) in [5, 5.41) is 3.53. The molecule has 0 bridgehead atoms. The molecule has 0 spiro atoms. The van der Waals surface area contributed by atoms with Gasteiger partial charge in [-0.1, -0.05) is 42.3 Å². The van der Waals surface area contributed by atoms with Gasteiger partial charge in [-0.2, -0.15) is 0 Å². The fraction of sp³-hybridized carbons (Fsp3) is 0.0870. The van der Waals surface area contributed by atoms with Crippen LogP contribution in [0, 0.1) is 0 Å². The molecular weight excluding hydrogens is 455 g/mol. The zero-order valence-electron chi connectivity index (χ0n) is 16.3. The molecule has 2 amide bonds. The van der Waals surface area contributed by atoms with E-state index in [9.17, 15) is 9.59 Å².